The second-order valence-corrected chi connectivity index (χ2v) is 7.11. The van der Waals surface area contributed by atoms with Crippen molar-refractivity contribution in [3.63, 3.8) is 0 Å². The van der Waals surface area contributed by atoms with Crippen molar-refractivity contribution in [1.82, 2.24) is 24.5 Å². The Bertz CT molecular complexity index is 1320. The molecule has 2 aromatic heterocycles. The van der Waals surface area contributed by atoms with Crippen LogP contribution in [0.25, 0.3) is 11.2 Å². The van der Waals surface area contributed by atoms with Crippen LogP contribution in [0.3, 0.4) is 0 Å². The molecule has 0 aliphatic heterocycles. The van der Waals surface area contributed by atoms with Gasteiger partial charge in [-0.3, -0.25) is 14.2 Å². The summed E-state index contributed by atoms with van der Waals surface area (Å²) in [6.45, 7) is 1.68. The van der Waals surface area contributed by atoms with Crippen LogP contribution in [0.4, 0.5) is 10.1 Å². The van der Waals surface area contributed by atoms with E-state index in [1.54, 1.807) is 36.4 Å². The van der Waals surface area contributed by atoms with Gasteiger partial charge in [-0.05, 0) is 30.7 Å². The lowest BCUT2D eigenvalue weighted by Crippen LogP contribution is -2.28. The lowest BCUT2D eigenvalue weighted by molar-refractivity contribution is -0.116. The second kappa shape index (κ2) is 8.03. The maximum absolute atomic E-state index is 13.9. The number of fused-ring (bicyclic) bond motifs is 1. The van der Waals surface area contributed by atoms with Crippen molar-refractivity contribution in [1.29, 1.82) is 0 Å². The zero-order valence-corrected chi connectivity index (χ0v) is 16.6. The maximum Gasteiger partial charge on any atom is 0.283 e. The molecule has 10 heteroatoms. The van der Waals surface area contributed by atoms with Gasteiger partial charge in [0.1, 0.15) is 18.7 Å². The number of hydrogen-bond acceptors (Lipinski definition) is 5. The van der Waals surface area contributed by atoms with Gasteiger partial charge in [0.15, 0.2) is 11.2 Å². The molecule has 1 amide bonds. The lowest BCUT2D eigenvalue weighted by atomic mass is 10.2. The number of halogens is 2. The average Bonchev–Trinajstić information content (AvgIpc) is 3.12. The molecule has 0 spiro atoms. The number of benzene rings is 2. The summed E-state index contributed by atoms with van der Waals surface area (Å²) in [6.07, 6.45) is 1.24. The first-order chi connectivity index (χ1) is 14.4. The molecule has 1 N–H and O–H groups in total. The summed E-state index contributed by atoms with van der Waals surface area (Å²) in [5.74, 6) is -0.806. The Morgan fingerprint density at radius 3 is 2.80 bits per heavy atom. The van der Waals surface area contributed by atoms with Gasteiger partial charge in [-0.2, -0.15) is 0 Å². The SMILES string of the molecule is Cc1ccc(NC(=O)Cn2cnc3c(nnn3Cc3ccccc3F)c2=O)cc1Cl. The third kappa shape index (κ3) is 3.92. The van der Waals surface area contributed by atoms with Gasteiger partial charge in [-0.25, -0.2) is 14.1 Å². The van der Waals surface area contributed by atoms with E-state index in [9.17, 15) is 14.0 Å². The summed E-state index contributed by atoms with van der Waals surface area (Å²) in [5.41, 5.74) is 1.50. The molecule has 2 heterocycles. The Morgan fingerprint density at radius 1 is 1.23 bits per heavy atom. The van der Waals surface area contributed by atoms with Gasteiger partial charge in [0.25, 0.3) is 5.56 Å². The van der Waals surface area contributed by atoms with E-state index in [4.69, 9.17) is 11.6 Å². The van der Waals surface area contributed by atoms with Gasteiger partial charge in [0.2, 0.25) is 5.91 Å². The zero-order valence-electron chi connectivity index (χ0n) is 15.8. The standard InChI is InChI=1S/C20H16ClFN6O2/c1-12-6-7-14(8-15(12)21)24-17(29)10-27-11-23-19-18(20(27)30)25-26-28(19)9-13-4-2-3-5-16(13)22/h2-8,11H,9-10H2,1H3,(H,24,29). The molecule has 152 valence electrons. The van der Waals surface area contributed by atoms with Crippen LogP contribution in [0.5, 0.6) is 0 Å². The van der Waals surface area contributed by atoms with Crippen molar-refractivity contribution in [3.8, 4) is 0 Å². The van der Waals surface area contributed by atoms with Crippen LogP contribution in [0.2, 0.25) is 5.02 Å². The molecule has 8 nitrogen and oxygen atoms in total. The number of nitrogens with one attached hydrogen (secondary N) is 1. The molecule has 2 aromatic carbocycles. The summed E-state index contributed by atoms with van der Waals surface area (Å²) < 4.78 is 16.4. The van der Waals surface area contributed by atoms with E-state index in [2.05, 4.69) is 20.6 Å². The normalized spacial score (nSPS) is 11.0. The van der Waals surface area contributed by atoms with Crippen molar-refractivity contribution >= 4 is 34.4 Å². The minimum atomic E-state index is -0.517. The lowest BCUT2D eigenvalue weighted by Gasteiger charge is -2.08. The van der Waals surface area contributed by atoms with Crippen molar-refractivity contribution < 1.29 is 9.18 Å². The van der Waals surface area contributed by atoms with Gasteiger partial charge >= 0.3 is 0 Å². The highest BCUT2D eigenvalue weighted by Crippen LogP contribution is 2.20. The number of carbonyl (C=O) groups is 1. The first-order valence-corrected chi connectivity index (χ1v) is 9.38. The largest absolute Gasteiger partial charge is 0.324 e. The smallest absolute Gasteiger partial charge is 0.283 e. The maximum atomic E-state index is 13.9. The number of nitrogens with zero attached hydrogens (tertiary/aromatic N) is 5. The van der Waals surface area contributed by atoms with Gasteiger partial charge in [0.05, 0.1) is 6.54 Å². The highest BCUT2D eigenvalue weighted by Gasteiger charge is 2.15. The summed E-state index contributed by atoms with van der Waals surface area (Å²) in [4.78, 5) is 29.2. The third-order valence-electron chi connectivity index (χ3n) is 4.54. The molecule has 0 fully saturated rings. The van der Waals surface area contributed by atoms with Gasteiger partial charge in [0, 0.05) is 16.3 Å². The molecular formula is C20H16ClFN6O2. The second-order valence-electron chi connectivity index (χ2n) is 6.70. The van der Waals surface area contributed by atoms with Crippen LogP contribution in [0.15, 0.2) is 53.6 Å². The van der Waals surface area contributed by atoms with E-state index in [1.807, 2.05) is 6.92 Å². The number of rotatable bonds is 5. The Labute approximate surface area is 174 Å². The Kier molecular flexibility index (Phi) is 5.28. The molecule has 0 aliphatic rings. The number of carbonyl (C=O) groups excluding carboxylic acids is 1. The van der Waals surface area contributed by atoms with E-state index in [1.165, 1.54) is 17.1 Å². The summed E-state index contributed by atoms with van der Waals surface area (Å²) >= 11 is 6.06. The topological polar surface area (TPSA) is 94.7 Å². The third-order valence-corrected chi connectivity index (χ3v) is 4.95. The van der Waals surface area contributed by atoms with Gasteiger partial charge < -0.3 is 5.32 Å². The highest BCUT2D eigenvalue weighted by molar-refractivity contribution is 6.31. The van der Waals surface area contributed by atoms with E-state index < -0.39 is 11.5 Å². The average molecular weight is 427 g/mol. The molecule has 0 atom stereocenters. The van der Waals surface area contributed by atoms with Crippen molar-refractivity contribution in [3.05, 3.63) is 81.1 Å². The van der Waals surface area contributed by atoms with Crippen LogP contribution in [-0.2, 0) is 17.9 Å². The van der Waals surface area contributed by atoms with E-state index in [0.29, 0.717) is 16.3 Å². The molecule has 0 radical (unpaired) electrons. The van der Waals surface area contributed by atoms with Crippen LogP contribution < -0.4 is 10.9 Å². The Balaban J connectivity index is 1.55. The van der Waals surface area contributed by atoms with Crippen LogP contribution in [0, 0.1) is 12.7 Å². The fourth-order valence-electron chi connectivity index (χ4n) is 2.92. The summed E-state index contributed by atoms with van der Waals surface area (Å²) in [5, 5.41) is 11.0. The number of hydrogen-bond donors (Lipinski definition) is 1. The molecule has 30 heavy (non-hydrogen) atoms. The predicted octanol–water partition coefficient (Wildman–Crippen LogP) is 2.78. The monoisotopic (exact) mass is 426 g/mol. The quantitative estimate of drug-likeness (QED) is 0.529. The molecule has 0 bridgehead atoms. The van der Waals surface area contributed by atoms with E-state index in [0.717, 1.165) is 10.1 Å². The predicted molar refractivity (Wildman–Crippen MR) is 110 cm³/mol. The van der Waals surface area contributed by atoms with Gasteiger partial charge in [-0.15, -0.1) is 5.10 Å². The van der Waals surface area contributed by atoms with Crippen molar-refractivity contribution in [2.24, 2.45) is 0 Å². The van der Waals surface area contributed by atoms with E-state index in [-0.39, 0.29) is 30.1 Å². The molecule has 4 aromatic rings. The zero-order chi connectivity index (χ0) is 21.3. The first-order valence-electron chi connectivity index (χ1n) is 9.00. The fraction of sp³-hybridized carbons (Fsp3) is 0.150. The minimum Gasteiger partial charge on any atom is -0.324 e. The van der Waals surface area contributed by atoms with Gasteiger partial charge in [-0.1, -0.05) is 41.1 Å². The Hall–Kier alpha value is -3.59. The van der Waals surface area contributed by atoms with Crippen LogP contribution in [0.1, 0.15) is 11.1 Å². The number of aromatic nitrogens is 5. The first kappa shape index (κ1) is 19.7. The molecule has 0 aliphatic carbocycles. The van der Waals surface area contributed by atoms with E-state index >= 15 is 0 Å². The molecule has 4 rings (SSSR count). The van der Waals surface area contributed by atoms with Crippen molar-refractivity contribution in [2.75, 3.05) is 5.32 Å². The Morgan fingerprint density at radius 2 is 2.03 bits per heavy atom. The molecule has 0 saturated carbocycles. The highest BCUT2D eigenvalue weighted by atomic mass is 35.5. The molecular weight excluding hydrogens is 411 g/mol. The number of amides is 1. The molecule has 0 saturated heterocycles. The fourth-order valence-corrected chi connectivity index (χ4v) is 3.10. The summed E-state index contributed by atoms with van der Waals surface area (Å²) in [6, 6.07) is 11.4. The minimum absolute atomic E-state index is 0.0000182. The van der Waals surface area contributed by atoms with Crippen LogP contribution >= 0.6 is 11.6 Å². The van der Waals surface area contributed by atoms with Crippen molar-refractivity contribution in [2.45, 2.75) is 20.0 Å². The number of aryl methyl sites for hydroxylation is 1. The number of anilines is 1. The van der Waals surface area contributed by atoms with Crippen LogP contribution in [-0.4, -0.2) is 30.5 Å². The summed E-state index contributed by atoms with van der Waals surface area (Å²) in [7, 11) is 0. The molecule has 0 unspecified atom stereocenters.